The summed E-state index contributed by atoms with van der Waals surface area (Å²) in [6.45, 7) is 0.428. The molecule has 0 saturated heterocycles. The number of anilines is 1. The van der Waals surface area contributed by atoms with Crippen LogP contribution in [-0.2, 0) is 6.54 Å². The minimum absolute atomic E-state index is 0.218. The van der Waals surface area contributed by atoms with Gasteiger partial charge in [-0.25, -0.2) is 4.39 Å². The Kier molecular flexibility index (Phi) is 4.59. The first-order chi connectivity index (χ1) is 9.63. The second-order valence-corrected chi connectivity index (χ2v) is 5.04. The summed E-state index contributed by atoms with van der Waals surface area (Å²) < 4.78 is 19.3. The molecule has 0 radical (unpaired) electrons. The van der Waals surface area contributed by atoms with E-state index in [1.165, 1.54) is 13.2 Å². The van der Waals surface area contributed by atoms with E-state index in [1.807, 2.05) is 12.1 Å². The molecular formula is C15H12BrFN2O. The lowest BCUT2D eigenvalue weighted by atomic mass is 10.1. The van der Waals surface area contributed by atoms with Crippen LogP contribution in [0.25, 0.3) is 0 Å². The molecule has 0 aliphatic rings. The zero-order valence-electron chi connectivity index (χ0n) is 10.8. The lowest BCUT2D eigenvalue weighted by molar-refractivity contribution is 0.386. The van der Waals surface area contributed by atoms with E-state index < -0.39 is 5.82 Å². The summed E-state index contributed by atoms with van der Waals surface area (Å²) in [6.07, 6.45) is 0. The smallest absolute Gasteiger partial charge is 0.165 e. The molecule has 0 bridgehead atoms. The molecule has 2 aromatic rings. The van der Waals surface area contributed by atoms with E-state index in [9.17, 15) is 4.39 Å². The molecule has 0 saturated carbocycles. The molecule has 0 atom stereocenters. The van der Waals surface area contributed by atoms with Crippen molar-refractivity contribution in [1.29, 1.82) is 5.26 Å². The fourth-order valence-electron chi connectivity index (χ4n) is 1.78. The normalized spacial score (nSPS) is 9.90. The average Bonchev–Trinajstić information content (AvgIpc) is 2.46. The molecule has 2 aromatic carbocycles. The van der Waals surface area contributed by atoms with E-state index in [-0.39, 0.29) is 5.75 Å². The van der Waals surface area contributed by atoms with Gasteiger partial charge in [0, 0.05) is 11.0 Å². The Morgan fingerprint density at radius 2 is 2.10 bits per heavy atom. The number of halogens is 2. The van der Waals surface area contributed by atoms with Crippen molar-refractivity contribution in [3.05, 3.63) is 57.8 Å². The summed E-state index contributed by atoms with van der Waals surface area (Å²) in [5, 5.41) is 12.2. The molecule has 0 fully saturated rings. The number of ether oxygens (including phenoxy) is 1. The molecule has 5 heteroatoms. The zero-order chi connectivity index (χ0) is 14.5. The summed E-state index contributed by atoms with van der Waals surface area (Å²) in [5.41, 5.74) is 2.02. The van der Waals surface area contributed by atoms with Gasteiger partial charge in [0.15, 0.2) is 11.6 Å². The largest absolute Gasteiger partial charge is 0.494 e. The third kappa shape index (κ3) is 3.28. The Balaban J connectivity index is 2.13. The topological polar surface area (TPSA) is 45.0 Å². The highest BCUT2D eigenvalue weighted by molar-refractivity contribution is 9.10. The van der Waals surface area contributed by atoms with Crippen molar-refractivity contribution in [2.45, 2.75) is 6.54 Å². The first-order valence-electron chi connectivity index (χ1n) is 5.90. The van der Waals surface area contributed by atoms with Crippen molar-refractivity contribution in [3.8, 4) is 11.8 Å². The Bertz CT molecular complexity index is 667. The molecule has 0 amide bonds. The molecule has 0 aliphatic heterocycles. The van der Waals surface area contributed by atoms with Crippen molar-refractivity contribution in [2.24, 2.45) is 0 Å². The molecule has 20 heavy (non-hydrogen) atoms. The summed E-state index contributed by atoms with van der Waals surface area (Å²) in [4.78, 5) is 0. The number of methoxy groups -OCH3 is 1. The molecule has 0 aliphatic carbocycles. The van der Waals surface area contributed by atoms with Gasteiger partial charge in [-0.3, -0.25) is 0 Å². The molecule has 2 rings (SSSR count). The number of hydrogen-bond acceptors (Lipinski definition) is 3. The number of nitrogens with zero attached hydrogens (tertiary/aromatic N) is 1. The molecule has 3 nitrogen and oxygen atoms in total. The first kappa shape index (κ1) is 14.4. The molecular weight excluding hydrogens is 323 g/mol. The summed E-state index contributed by atoms with van der Waals surface area (Å²) in [6, 6.07) is 12.3. The van der Waals surface area contributed by atoms with Gasteiger partial charge in [0.25, 0.3) is 0 Å². The lowest BCUT2D eigenvalue weighted by Gasteiger charge is -2.09. The zero-order valence-corrected chi connectivity index (χ0v) is 12.4. The van der Waals surface area contributed by atoms with Gasteiger partial charge in [0.1, 0.15) is 6.07 Å². The SMILES string of the molecule is COc1ccc(CNc2ccc(Br)cc2C#N)cc1F. The van der Waals surface area contributed by atoms with Gasteiger partial charge < -0.3 is 10.1 Å². The van der Waals surface area contributed by atoms with Gasteiger partial charge in [-0.2, -0.15) is 5.26 Å². The lowest BCUT2D eigenvalue weighted by Crippen LogP contribution is -2.02. The van der Waals surface area contributed by atoms with Gasteiger partial charge in [-0.1, -0.05) is 22.0 Å². The highest BCUT2D eigenvalue weighted by Gasteiger charge is 2.05. The molecule has 1 N–H and O–H groups in total. The average molecular weight is 335 g/mol. The predicted molar refractivity (Wildman–Crippen MR) is 79.1 cm³/mol. The Morgan fingerprint density at radius 1 is 1.30 bits per heavy atom. The predicted octanol–water partition coefficient (Wildman–Crippen LogP) is 4.08. The minimum atomic E-state index is -0.400. The van der Waals surface area contributed by atoms with E-state index in [2.05, 4.69) is 27.3 Å². The fraction of sp³-hybridized carbons (Fsp3) is 0.133. The summed E-state index contributed by atoms with van der Waals surface area (Å²) in [7, 11) is 1.43. The van der Waals surface area contributed by atoms with Crippen LogP contribution in [-0.4, -0.2) is 7.11 Å². The van der Waals surface area contributed by atoms with Crippen molar-refractivity contribution in [1.82, 2.24) is 0 Å². The number of benzene rings is 2. The molecule has 0 unspecified atom stereocenters. The van der Waals surface area contributed by atoms with Crippen LogP contribution in [0.1, 0.15) is 11.1 Å². The summed E-state index contributed by atoms with van der Waals surface area (Å²) in [5.74, 6) is -0.182. The Morgan fingerprint density at radius 3 is 2.75 bits per heavy atom. The van der Waals surface area contributed by atoms with Gasteiger partial charge in [0.2, 0.25) is 0 Å². The van der Waals surface area contributed by atoms with Crippen LogP contribution in [0.3, 0.4) is 0 Å². The van der Waals surface area contributed by atoms with E-state index in [4.69, 9.17) is 10.00 Å². The van der Waals surface area contributed by atoms with Crippen LogP contribution >= 0.6 is 15.9 Å². The van der Waals surface area contributed by atoms with Crippen LogP contribution in [0, 0.1) is 17.1 Å². The second-order valence-electron chi connectivity index (χ2n) is 4.12. The number of nitrogens with one attached hydrogen (secondary N) is 1. The summed E-state index contributed by atoms with van der Waals surface area (Å²) >= 11 is 3.32. The van der Waals surface area contributed by atoms with E-state index >= 15 is 0 Å². The van der Waals surface area contributed by atoms with Gasteiger partial charge in [-0.15, -0.1) is 0 Å². The maximum atomic E-state index is 13.6. The first-order valence-corrected chi connectivity index (χ1v) is 6.69. The van der Waals surface area contributed by atoms with Crippen molar-refractivity contribution < 1.29 is 9.13 Å². The maximum Gasteiger partial charge on any atom is 0.165 e. The van der Waals surface area contributed by atoms with Gasteiger partial charge in [-0.05, 0) is 35.9 Å². The van der Waals surface area contributed by atoms with Crippen LogP contribution in [0.5, 0.6) is 5.75 Å². The standard InChI is InChI=1S/C15H12BrFN2O/c1-20-15-5-2-10(6-13(15)17)9-19-14-4-3-12(16)7-11(14)8-18/h2-7,19H,9H2,1H3. The monoisotopic (exact) mass is 334 g/mol. The second kappa shape index (κ2) is 6.40. The number of rotatable bonds is 4. The van der Waals surface area contributed by atoms with Crippen LogP contribution < -0.4 is 10.1 Å². The van der Waals surface area contributed by atoms with Gasteiger partial charge >= 0.3 is 0 Å². The quantitative estimate of drug-likeness (QED) is 0.916. The van der Waals surface area contributed by atoms with E-state index in [0.717, 1.165) is 10.0 Å². The van der Waals surface area contributed by atoms with Crippen molar-refractivity contribution in [2.75, 3.05) is 12.4 Å². The third-order valence-corrected chi connectivity index (χ3v) is 3.29. The van der Waals surface area contributed by atoms with Gasteiger partial charge in [0.05, 0.1) is 18.4 Å². The molecule has 102 valence electrons. The van der Waals surface area contributed by atoms with Crippen LogP contribution in [0.4, 0.5) is 10.1 Å². The van der Waals surface area contributed by atoms with Crippen LogP contribution in [0.15, 0.2) is 40.9 Å². The Labute approximate surface area is 125 Å². The third-order valence-electron chi connectivity index (χ3n) is 2.80. The number of nitriles is 1. The molecule has 0 heterocycles. The fourth-order valence-corrected chi connectivity index (χ4v) is 2.14. The highest BCUT2D eigenvalue weighted by Crippen LogP contribution is 2.22. The maximum absolute atomic E-state index is 13.6. The van der Waals surface area contributed by atoms with Crippen molar-refractivity contribution >= 4 is 21.6 Å². The van der Waals surface area contributed by atoms with Crippen molar-refractivity contribution in [3.63, 3.8) is 0 Å². The number of hydrogen-bond donors (Lipinski definition) is 1. The molecule has 0 spiro atoms. The van der Waals surface area contributed by atoms with E-state index in [0.29, 0.717) is 17.8 Å². The van der Waals surface area contributed by atoms with E-state index in [1.54, 1.807) is 18.2 Å². The molecule has 0 aromatic heterocycles. The minimum Gasteiger partial charge on any atom is -0.494 e. The highest BCUT2D eigenvalue weighted by atomic mass is 79.9. The van der Waals surface area contributed by atoms with Crippen LogP contribution in [0.2, 0.25) is 0 Å². The Hall–Kier alpha value is -2.06.